The van der Waals surface area contributed by atoms with Crippen LogP contribution in [0.15, 0.2) is 54.9 Å². The van der Waals surface area contributed by atoms with Crippen LogP contribution >= 0.6 is 11.3 Å². The summed E-state index contributed by atoms with van der Waals surface area (Å²) in [6.45, 7) is 6.63. The maximum atomic E-state index is 14.8. The van der Waals surface area contributed by atoms with Gasteiger partial charge in [-0.3, -0.25) is 14.8 Å². The Bertz CT molecular complexity index is 1620. The van der Waals surface area contributed by atoms with Gasteiger partial charge in [0, 0.05) is 25.0 Å². The van der Waals surface area contributed by atoms with Gasteiger partial charge < -0.3 is 19.1 Å². The van der Waals surface area contributed by atoms with Crippen LogP contribution in [-0.2, 0) is 27.2 Å². The van der Waals surface area contributed by atoms with Crippen molar-refractivity contribution in [3.8, 4) is 22.1 Å². The molecule has 0 fully saturated rings. The van der Waals surface area contributed by atoms with Crippen molar-refractivity contribution in [3.63, 3.8) is 0 Å². The second-order valence-corrected chi connectivity index (χ2v) is 12.0. The number of hydrogen-bond acceptors (Lipinski definition) is 8. The molecule has 3 aromatic heterocycles. The molecule has 0 bridgehead atoms. The molecule has 1 aromatic carbocycles. The van der Waals surface area contributed by atoms with Crippen molar-refractivity contribution in [3.05, 3.63) is 71.8 Å². The van der Waals surface area contributed by atoms with E-state index in [1.54, 1.807) is 17.2 Å². The number of carbonyl (C=O) groups excluding carboxylic acids is 2. The number of esters is 1. The number of aromatic nitrogens is 2. The Kier molecular flexibility index (Phi) is 10.1. The summed E-state index contributed by atoms with van der Waals surface area (Å²) in [6.07, 6.45) is -1.56. The number of benzene rings is 1. The van der Waals surface area contributed by atoms with Gasteiger partial charge >= 0.3 is 18.2 Å². The fraction of sp³-hybridized carbons (Fsp3) is 0.355. The molecule has 13 heteroatoms. The van der Waals surface area contributed by atoms with Crippen LogP contribution in [0.4, 0.5) is 22.4 Å². The third-order valence-electron chi connectivity index (χ3n) is 5.93. The second-order valence-electron chi connectivity index (χ2n) is 10.9. The maximum absolute atomic E-state index is 14.8. The van der Waals surface area contributed by atoms with Crippen molar-refractivity contribution < 1.29 is 41.4 Å². The van der Waals surface area contributed by atoms with Crippen molar-refractivity contribution in [2.24, 2.45) is 0 Å². The lowest BCUT2D eigenvalue weighted by Gasteiger charge is -2.27. The van der Waals surface area contributed by atoms with Crippen LogP contribution in [0.2, 0.25) is 0 Å². The number of rotatable bonds is 10. The molecule has 0 radical (unpaired) electrons. The van der Waals surface area contributed by atoms with Gasteiger partial charge in [0.15, 0.2) is 18.2 Å². The molecule has 0 saturated carbocycles. The second kappa shape index (κ2) is 13.6. The number of ether oxygens (including phenoxy) is 3. The number of thiophene rings is 1. The minimum atomic E-state index is -4.64. The average Bonchev–Trinajstić information content (AvgIpc) is 3.38. The highest BCUT2D eigenvalue weighted by Gasteiger charge is 2.29. The molecular formula is C31H31F4N3O5S. The topological polar surface area (TPSA) is 90.9 Å². The van der Waals surface area contributed by atoms with Crippen molar-refractivity contribution in [2.45, 2.75) is 58.9 Å². The van der Waals surface area contributed by atoms with Gasteiger partial charge in [0.25, 0.3) is 0 Å². The van der Waals surface area contributed by atoms with E-state index in [9.17, 15) is 27.2 Å². The fourth-order valence-electron chi connectivity index (χ4n) is 4.07. The summed E-state index contributed by atoms with van der Waals surface area (Å²) >= 11 is 1.35. The van der Waals surface area contributed by atoms with E-state index in [1.807, 2.05) is 45.9 Å². The molecule has 1 amide bonds. The number of nitrogens with zero attached hydrogens (tertiary/aromatic N) is 3. The average molecular weight is 634 g/mol. The van der Waals surface area contributed by atoms with E-state index in [0.29, 0.717) is 34.7 Å². The van der Waals surface area contributed by atoms with Gasteiger partial charge in [-0.05, 0) is 62.6 Å². The Balaban J connectivity index is 1.47. The Labute approximate surface area is 255 Å². The molecule has 0 N–H and O–H groups in total. The highest BCUT2D eigenvalue weighted by Crippen LogP contribution is 2.39. The van der Waals surface area contributed by atoms with Crippen molar-refractivity contribution in [1.29, 1.82) is 0 Å². The van der Waals surface area contributed by atoms with Crippen molar-refractivity contribution in [2.75, 3.05) is 13.2 Å². The van der Waals surface area contributed by atoms with Crippen LogP contribution in [0, 0.1) is 5.82 Å². The standard InChI is InChI=1S/C31H31F4N3O5S/c1-5-12-38(29(40)43-30(2,3)4)17-20-6-8-22(37-16-20)26-15-23-28(44-26)25(10-11-36-23)42-24-9-7-19(13-21(24)32)14-27(39)41-18-31(33,34)35/h6-11,13,15-16H,5,12,14,17-18H2,1-4H3. The zero-order valence-electron chi connectivity index (χ0n) is 24.5. The molecule has 4 rings (SSSR count). The molecule has 4 aromatic rings. The van der Waals surface area contributed by atoms with Gasteiger partial charge in [0.1, 0.15) is 11.4 Å². The van der Waals surface area contributed by atoms with E-state index < -0.39 is 36.6 Å². The number of alkyl halides is 3. The van der Waals surface area contributed by atoms with Gasteiger partial charge in [-0.25, -0.2) is 9.18 Å². The summed E-state index contributed by atoms with van der Waals surface area (Å²) in [7, 11) is 0. The van der Waals surface area contributed by atoms with Gasteiger partial charge in [-0.1, -0.05) is 19.1 Å². The molecule has 0 unspecified atom stereocenters. The molecule has 0 atom stereocenters. The first-order valence-corrected chi connectivity index (χ1v) is 14.5. The normalized spacial score (nSPS) is 11.8. The SMILES string of the molecule is CCCN(Cc1ccc(-c2cc3nccc(Oc4ccc(CC(=O)OCC(F)(F)F)cc4F)c3s2)nc1)C(=O)OC(C)(C)C. The molecule has 234 valence electrons. The van der Waals surface area contributed by atoms with Gasteiger partial charge in [-0.2, -0.15) is 13.2 Å². The van der Waals surface area contributed by atoms with E-state index in [4.69, 9.17) is 9.47 Å². The predicted octanol–water partition coefficient (Wildman–Crippen LogP) is 8.08. The molecule has 8 nitrogen and oxygen atoms in total. The first-order valence-electron chi connectivity index (χ1n) is 13.7. The summed E-state index contributed by atoms with van der Waals surface area (Å²) in [6, 6.07) is 10.8. The zero-order chi connectivity index (χ0) is 32.1. The van der Waals surface area contributed by atoms with E-state index in [1.165, 1.54) is 29.7 Å². The summed E-state index contributed by atoms with van der Waals surface area (Å²) in [5.74, 6) is -1.72. The minimum Gasteiger partial charge on any atom is -0.456 e. The Hall–Kier alpha value is -4.26. The largest absolute Gasteiger partial charge is 0.456 e. The minimum absolute atomic E-state index is 0.135. The molecule has 44 heavy (non-hydrogen) atoms. The first-order chi connectivity index (χ1) is 20.7. The van der Waals surface area contributed by atoms with Crippen LogP contribution in [0.1, 0.15) is 45.2 Å². The highest BCUT2D eigenvalue weighted by atomic mass is 32.1. The molecule has 0 saturated heterocycles. The number of halogens is 4. The summed E-state index contributed by atoms with van der Waals surface area (Å²) in [5.41, 5.74) is 1.66. The van der Waals surface area contributed by atoms with Crippen LogP contribution in [0.3, 0.4) is 0 Å². The Morgan fingerprint density at radius 2 is 1.73 bits per heavy atom. The molecule has 0 aliphatic heterocycles. The van der Waals surface area contributed by atoms with Crippen LogP contribution in [0.25, 0.3) is 20.8 Å². The van der Waals surface area contributed by atoms with Crippen molar-refractivity contribution in [1.82, 2.24) is 14.9 Å². The summed E-state index contributed by atoms with van der Waals surface area (Å²) < 4.78 is 67.8. The van der Waals surface area contributed by atoms with Crippen LogP contribution in [-0.4, -0.2) is 51.9 Å². The van der Waals surface area contributed by atoms with Gasteiger partial charge in [-0.15, -0.1) is 11.3 Å². The molecular weight excluding hydrogens is 602 g/mol. The predicted molar refractivity (Wildman–Crippen MR) is 157 cm³/mol. The quantitative estimate of drug-likeness (QED) is 0.129. The van der Waals surface area contributed by atoms with E-state index in [2.05, 4.69) is 14.7 Å². The molecule has 0 aliphatic carbocycles. The monoisotopic (exact) mass is 633 g/mol. The molecule has 3 heterocycles. The smallest absolute Gasteiger partial charge is 0.422 e. The maximum Gasteiger partial charge on any atom is 0.422 e. The van der Waals surface area contributed by atoms with Gasteiger partial charge in [0.05, 0.1) is 33.8 Å². The number of hydrogen-bond donors (Lipinski definition) is 0. The van der Waals surface area contributed by atoms with E-state index in [0.717, 1.165) is 22.9 Å². The molecule has 0 aliphatic rings. The number of fused-ring (bicyclic) bond motifs is 1. The first kappa shape index (κ1) is 32.6. The van der Waals surface area contributed by atoms with E-state index >= 15 is 0 Å². The summed E-state index contributed by atoms with van der Waals surface area (Å²) in [5, 5.41) is 0. The van der Waals surface area contributed by atoms with Crippen LogP contribution in [0.5, 0.6) is 11.5 Å². The number of amides is 1. The lowest BCUT2D eigenvalue weighted by Crippen LogP contribution is -2.36. The number of pyridine rings is 2. The lowest BCUT2D eigenvalue weighted by atomic mass is 10.1. The van der Waals surface area contributed by atoms with Gasteiger partial charge in [0.2, 0.25) is 0 Å². The number of carbonyl (C=O) groups is 2. The van der Waals surface area contributed by atoms with E-state index in [-0.39, 0.29) is 17.4 Å². The third kappa shape index (κ3) is 9.12. The lowest BCUT2D eigenvalue weighted by molar-refractivity contribution is -0.185. The highest BCUT2D eigenvalue weighted by molar-refractivity contribution is 7.22. The Morgan fingerprint density at radius 3 is 2.36 bits per heavy atom. The van der Waals surface area contributed by atoms with Crippen molar-refractivity contribution >= 4 is 33.6 Å². The zero-order valence-corrected chi connectivity index (χ0v) is 25.4. The Morgan fingerprint density at radius 1 is 0.977 bits per heavy atom. The fourth-order valence-corrected chi connectivity index (χ4v) is 5.11. The molecule has 0 spiro atoms. The summed E-state index contributed by atoms with van der Waals surface area (Å²) in [4.78, 5) is 35.7. The third-order valence-corrected chi connectivity index (χ3v) is 7.09. The van der Waals surface area contributed by atoms with Crippen LogP contribution < -0.4 is 4.74 Å².